The zero-order valence-corrected chi connectivity index (χ0v) is 9.13. The van der Waals surface area contributed by atoms with Crippen LogP contribution in [0.5, 0.6) is 0 Å². The molecule has 2 rings (SSSR count). The number of benzene rings is 2. The predicted octanol–water partition coefficient (Wildman–Crippen LogP) is 3.80. The van der Waals surface area contributed by atoms with Crippen molar-refractivity contribution in [1.82, 2.24) is 0 Å². The Balaban J connectivity index is 2.32. The molecule has 0 saturated heterocycles. The number of nitrogens with two attached hydrogens (primary N) is 1. The van der Waals surface area contributed by atoms with Crippen molar-refractivity contribution in [2.45, 2.75) is 0 Å². The van der Waals surface area contributed by atoms with Crippen molar-refractivity contribution >= 4 is 28.7 Å². The first-order valence-electron chi connectivity index (χ1n) is 4.73. The molecule has 4 heteroatoms. The van der Waals surface area contributed by atoms with Crippen molar-refractivity contribution in [3.8, 4) is 0 Å². The monoisotopic (exact) mass is 236 g/mol. The molecular weight excluding hydrogens is 227 g/mol. The van der Waals surface area contributed by atoms with Crippen LogP contribution >= 0.6 is 11.6 Å². The molecule has 2 nitrogen and oxygen atoms in total. The van der Waals surface area contributed by atoms with Gasteiger partial charge in [0.2, 0.25) is 0 Å². The molecule has 0 fully saturated rings. The minimum absolute atomic E-state index is 0.0487. The van der Waals surface area contributed by atoms with Crippen LogP contribution in [0.1, 0.15) is 0 Å². The lowest BCUT2D eigenvalue weighted by Gasteiger charge is -2.10. The van der Waals surface area contributed by atoms with E-state index in [1.807, 2.05) is 30.3 Å². The number of nitrogens with one attached hydrogen (secondary N) is 1. The lowest BCUT2D eigenvalue weighted by Crippen LogP contribution is -1.97. The third-order valence-corrected chi connectivity index (χ3v) is 2.43. The Kier molecular flexibility index (Phi) is 2.97. The summed E-state index contributed by atoms with van der Waals surface area (Å²) in [6.07, 6.45) is 0. The molecule has 0 aliphatic rings. The van der Waals surface area contributed by atoms with Crippen molar-refractivity contribution < 1.29 is 4.39 Å². The van der Waals surface area contributed by atoms with Crippen molar-refractivity contribution in [1.29, 1.82) is 0 Å². The topological polar surface area (TPSA) is 38.0 Å². The van der Waals surface area contributed by atoms with Crippen LogP contribution in [0, 0.1) is 5.82 Å². The molecule has 16 heavy (non-hydrogen) atoms. The Bertz CT molecular complexity index is 500. The van der Waals surface area contributed by atoms with Gasteiger partial charge in [0.1, 0.15) is 5.82 Å². The van der Waals surface area contributed by atoms with Gasteiger partial charge < -0.3 is 11.1 Å². The highest BCUT2D eigenvalue weighted by atomic mass is 35.5. The molecular formula is C12H10ClFN2. The van der Waals surface area contributed by atoms with Gasteiger partial charge in [-0.05, 0) is 18.2 Å². The molecule has 0 spiro atoms. The molecule has 0 amide bonds. The number of nitrogen functional groups attached to an aromatic ring is 1. The van der Waals surface area contributed by atoms with Crippen LogP contribution in [0.4, 0.5) is 21.5 Å². The van der Waals surface area contributed by atoms with Gasteiger partial charge in [-0.3, -0.25) is 0 Å². The van der Waals surface area contributed by atoms with E-state index in [0.717, 1.165) is 5.69 Å². The van der Waals surface area contributed by atoms with Crippen molar-refractivity contribution in [2.75, 3.05) is 11.1 Å². The summed E-state index contributed by atoms with van der Waals surface area (Å²) >= 11 is 5.68. The molecule has 0 heterocycles. The summed E-state index contributed by atoms with van der Waals surface area (Å²) < 4.78 is 13.1. The fourth-order valence-corrected chi connectivity index (χ4v) is 1.51. The second-order valence-electron chi connectivity index (χ2n) is 3.34. The average molecular weight is 237 g/mol. The van der Waals surface area contributed by atoms with Crippen LogP contribution in [0.15, 0.2) is 42.5 Å². The van der Waals surface area contributed by atoms with Gasteiger partial charge in [-0.1, -0.05) is 29.8 Å². The van der Waals surface area contributed by atoms with Gasteiger partial charge in [0.15, 0.2) is 0 Å². The summed E-state index contributed by atoms with van der Waals surface area (Å²) in [4.78, 5) is 0. The molecule has 2 aromatic carbocycles. The first-order chi connectivity index (χ1) is 7.66. The van der Waals surface area contributed by atoms with Crippen LogP contribution in [-0.2, 0) is 0 Å². The molecule has 0 aliphatic carbocycles. The average Bonchev–Trinajstić information content (AvgIpc) is 2.27. The van der Waals surface area contributed by atoms with E-state index in [1.165, 1.54) is 12.1 Å². The number of halogens is 2. The van der Waals surface area contributed by atoms with E-state index < -0.39 is 5.82 Å². The lowest BCUT2D eigenvalue weighted by molar-refractivity contribution is 0.629. The molecule has 82 valence electrons. The largest absolute Gasteiger partial charge is 0.397 e. The fraction of sp³-hybridized carbons (Fsp3) is 0. The Morgan fingerprint density at radius 3 is 2.50 bits per heavy atom. The third-order valence-electron chi connectivity index (χ3n) is 2.15. The van der Waals surface area contributed by atoms with Crippen molar-refractivity contribution in [3.05, 3.63) is 53.3 Å². The first kappa shape index (κ1) is 10.8. The maximum Gasteiger partial charge on any atom is 0.143 e. The quantitative estimate of drug-likeness (QED) is 0.779. The van der Waals surface area contributed by atoms with Crippen LogP contribution in [0.25, 0.3) is 0 Å². The van der Waals surface area contributed by atoms with Crippen LogP contribution in [-0.4, -0.2) is 0 Å². The summed E-state index contributed by atoms with van der Waals surface area (Å²) in [5.41, 5.74) is 7.47. The summed E-state index contributed by atoms with van der Waals surface area (Å²) in [5, 5.41) is 3.11. The number of hydrogen-bond acceptors (Lipinski definition) is 2. The normalized spacial score (nSPS) is 10.1. The van der Waals surface area contributed by atoms with E-state index >= 15 is 0 Å². The molecule has 3 N–H and O–H groups in total. The van der Waals surface area contributed by atoms with E-state index in [0.29, 0.717) is 11.4 Å². The molecule has 0 aromatic heterocycles. The van der Waals surface area contributed by atoms with Gasteiger partial charge in [-0.25, -0.2) is 4.39 Å². The summed E-state index contributed by atoms with van der Waals surface area (Å²) in [6.45, 7) is 0. The van der Waals surface area contributed by atoms with E-state index in [-0.39, 0.29) is 5.02 Å². The van der Waals surface area contributed by atoms with Gasteiger partial charge in [-0.2, -0.15) is 0 Å². The standard InChI is InChI=1S/C12H10ClFN2/c13-9-6-12(11(15)7-10(9)14)16-8-4-2-1-3-5-8/h1-7,16H,15H2. The molecule has 0 radical (unpaired) electrons. The maximum atomic E-state index is 13.1. The third kappa shape index (κ3) is 2.25. The predicted molar refractivity (Wildman–Crippen MR) is 65.5 cm³/mol. The van der Waals surface area contributed by atoms with E-state index in [9.17, 15) is 4.39 Å². The molecule has 0 unspecified atom stereocenters. The van der Waals surface area contributed by atoms with Crippen LogP contribution in [0.2, 0.25) is 5.02 Å². The first-order valence-corrected chi connectivity index (χ1v) is 5.11. The van der Waals surface area contributed by atoms with Gasteiger partial charge in [0.25, 0.3) is 0 Å². The summed E-state index contributed by atoms with van der Waals surface area (Å²) in [5.74, 6) is -0.516. The van der Waals surface area contributed by atoms with Crippen molar-refractivity contribution in [3.63, 3.8) is 0 Å². The zero-order valence-electron chi connectivity index (χ0n) is 8.37. The fourth-order valence-electron chi connectivity index (χ4n) is 1.35. The van der Waals surface area contributed by atoms with Gasteiger partial charge in [0.05, 0.1) is 16.4 Å². The molecule has 0 aliphatic heterocycles. The highest BCUT2D eigenvalue weighted by Gasteiger charge is 2.06. The minimum Gasteiger partial charge on any atom is -0.397 e. The Hall–Kier alpha value is -1.74. The minimum atomic E-state index is -0.516. The Labute approximate surface area is 97.8 Å². The SMILES string of the molecule is Nc1cc(F)c(Cl)cc1Nc1ccccc1. The highest BCUT2D eigenvalue weighted by Crippen LogP contribution is 2.28. The second kappa shape index (κ2) is 4.41. The Morgan fingerprint density at radius 2 is 1.81 bits per heavy atom. The van der Waals surface area contributed by atoms with Crippen molar-refractivity contribution in [2.24, 2.45) is 0 Å². The maximum absolute atomic E-state index is 13.1. The molecule has 0 saturated carbocycles. The van der Waals surface area contributed by atoms with E-state index in [1.54, 1.807) is 0 Å². The zero-order chi connectivity index (χ0) is 11.5. The van der Waals surface area contributed by atoms with Gasteiger partial charge >= 0.3 is 0 Å². The molecule has 2 aromatic rings. The number of para-hydroxylation sites is 1. The molecule has 0 bridgehead atoms. The smallest absolute Gasteiger partial charge is 0.143 e. The molecule has 0 atom stereocenters. The number of rotatable bonds is 2. The Morgan fingerprint density at radius 1 is 1.12 bits per heavy atom. The van der Waals surface area contributed by atoms with E-state index in [4.69, 9.17) is 17.3 Å². The summed E-state index contributed by atoms with van der Waals surface area (Å²) in [7, 11) is 0. The van der Waals surface area contributed by atoms with Crippen LogP contribution < -0.4 is 11.1 Å². The van der Waals surface area contributed by atoms with Gasteiger partial charge in [-0.15, -0.1) is 0 Å². The lowest BCUT2D eigenvalue weighted by atomic mass is 10.2. The van der Waals surface area contributed by atoms with E-state index in [2.05, 4.69) is 5.32 Å². The van der Waals surface area contributed by atoms with Crippen LogP contribution in [0.3, 0.4) is 0 Å². The van der Waals surface area contributed by atoms with Gasteiger partial charge in [0, 0.05) is 11.8 Å². The highest BCUT2D eigenvalue weighted by molar-refractivity contribution is 6.31. The summed E-state index contributed by atoms with van der Waals surface area (Å²) in [6, 6.07) is 12.1. The number of anilines is 3. The second-order valence-corrected chi connectivity index (χ2v) is 3.75. The number of hydrogen-bond donors (Lipinski definition) is 2.